The minimum absolute atomic E-state index is 0.277. The van der Waals surface area contributed by atoms with Gasteiger partial charge in [0.15, 0.2) is 0 Å². The molecule has 1 saturated carbocycles. The van der Waals surface area contributed by atoms with Gasteiger partial charge in [0.2, 0.25) is 0 Å². The maximum atomic E-state index is 6.06. The highest BCUT2D eigenvalue weighted by atomic mass is 15.1. The first-order valence-electron chi connectivity index (χ1n) is 5.47. The molecule has 1 aromatic rings. The maximum absolute atomic E-state index is 6.06. The van der Waals surface area contributed by atoms with E-state index in [0.717, 1.165) is 0 Å². The predicted octanol–water partition coefficient (Wildman–Crippen LogP) is 2.20. The third kappa shape index (κ3) is 1.63. The molecular weight excluding hydrogens is 184 g/mol. The van der Waals surface area contributed by atoms with Crippen LogP contribution in [0.1, 0.15) is 25.3 Å². The van der Waals surface area contributed by atoms with E-state index in [1.807, 2.05) is 0 Å². The Labute approximate surface area is 92.1 Å². The Bertz CT molecular complexity index is 351. The SMILES string of the molecule is CN(C)c1ccc([C@H]2[C@H](N)C2(C)C)cc1. The zero-order valence-corrected chi connectivity index (χ0v) is 9.99. The van der Waals surface area contributed by atoms with Crippen LogP contribution in [0, 0.1) is 5.41 Å². The van der Waals surface area contributed by atoms with Crippen molar-refractivity contribution in [1.29, 1.82) is 0 Å². The van der Waals surface area contributed by atoms with Gasteiger partial charge in [-0.3, -0.25) is 0 Å². The third-order valence-corrected chi connectivity index (χ3v) is 3.68. The molecule has 0 bridgehead atoms. The molecule has 15 heavy (non-hydrogen) atoms. The van der Waals surface area contributed by atoms with Gasteiger partial charge in [-0.25, -0.2) is 0 Å². The maximum Gasteiger partial charge on any atom is 0.0361 e. The molecule has 0 saturated heterocycles. The van der Waals surface area contributed by atoms with E-state index in [1.165, 1.54) is 11.3 Å². The number of anilines is 1. The number of nitrogens with zero attached hydrogens (tertiary/aromatic N) is 1. The van der Waals surface area contributed by atoms with Crippen molar-refractivity contribution in [2.45, 2.75) is 25.8 Å². The topological polar surface area (TPSA) is 29.3 Å². The van der Waals surface area contributed by atoms with Crippen molar-refractivity contribution in [3.05, 3.63) is 29.8 Å². The van der Waals surface area contributed by atoms with E-state index in [4.69, 9.17) is 5.73 Å². The lowest BCUT2D eigenvalue weighted by Crippen LogP contribution is -2.08. The average molecular weight is 204 g/mol. The summed E-state index contributed by atoms with van der Waals surface area (Å²) in [6.45, 7) is 4.48. The number of benzene rings is 1. The molecule has 0 aliphatic heterocycles. The predicted molar refractivity (Wildman–Crippen MR) is 65.3 cm³/mol. The van der Waals surface area contributed by atoms with Crippen LogP contribution in [0.15, 0.2) is 24.3 Å². The Morgan fingerprint density at radius 3 is 1.93 bits per heavy atom. The molecular formula is C13H20N2. The first-order valence-corrected chi connectivity index (χ1v) is 5.47. The fourth-order valence-electron chi connectivity index (χ4n) is 2.29. The molecule has 0 aromatic heterocycles. The number of hydrogen-bond donors (Lipinski definition) is 1. The normalized spacial score (nSPS) is 27.5. The van der Waals surface area contributed by atoms with E-state index < -0.39 is 0 Å². The molecule has 2 nitrogen and oxygen atoms in total. The zero-order valence-electron chi connectivity index (χ0n) is 9.99. The van der Waals surface area contributed by atoms with Crippen molar-refractivity contribution >= 4 is 5.69 Å². The number of nitrogens with two attached hydrogens (primary N) is 1. The molecule has 2 atom stereocenters. The van der Waals surface area contributed by atoms with Crippen LogP contribution in [-0.2, 0) is 0 Å². The summed E-state index contributed by atoms with van der Waals surface area (Å²) in [5.41, 5.74) is 8.96. The highest BCUT2D eigenvalue weighted by Crippen LogP contribution is 2.57. The number of hydrogen-bond acceptors (Lipinski definition) is 2. The second-order valence-corrected chi connectivity index (χ2v) is 5.31. The fraction of sp³-hybridized carbons (Fsp3) is 0.538. The second-order valence-electron chi connectivity index (χ2n) is 5.31. The molecule has 1 aromatic carbocycles. The summed E-state index contributed by atoms with van der Waals surface area (Å²) in [7, 11) is 4.11. The monoisotopic (exact) mass is 204 g/mol. The molecule has 0 spiro atoms. The van der Waals surface area contributed by atoms with Crippen LogP contribution in [0.5, 0.6) is 0 Å². The smallest absolute Gasteiger partial charge is 0.0361 e. The largest absolute Gasteiger partial charge is 0.378 e. The first kappa shape index (κ1) is 10.5. The zero-order chi connectivity index (χ0) is 11.2. The van der Waals surface area contributed by atoms with E-state index in [9.17, 15) is 0 Å². The van der Waals surface area contributed by atoms with Crippen molar-refractivity contribution in [1.82, 2.24) is 0 Å². The van der Waals surface area contributed by atoms with Gasteiger partial charge in [0.1, 0.15) is 0 Å². The molecule has 0 amide bonds. The first-order chi connectivity index (χ1) is 6.94. The van der Waals surface area contributed by atoms with E-state index >= 15 is 0 Å². The Hall–Kier alpha value is -1.02. The van der Waals surface area contributed by atoms with Gasteiger partial charge in [0, 0.05) is 31.7 Å². The van der Waals surface area contributed by atoms with Crippen LogP contribution in [-0.4, -0.2) is 20.1 Å². The van der Waals surface area contributed by atoms with Crippen molar-refractivity contribution < 1.29 is 0 Å². The lowest BCUT2D eigenvalue weighted by molar-refractivity contribution is 0.599. The lowest BCUT2D eigenvalue weighted by atomic mass is 10.0. The molecule has 1 fully saturated rings. The summed E-state index contributed by atoms with van der Waals surface area (Å²) in [5, 5.41) is 0. The molecule has 82 valence electrons. The van der Waals surface area contributed by atoms with Crippen molar-refractivity contribution in [2.75, 3.05) is 19.0 Å². The van der Waals surface area contributed by atoms with Crippen LogP contribution in [0.25, 0.3) is 0 Å². The van der Waals surface area contributed by atoms with Gasteiger partial charge in [-0.05, 0) is 23.1 Å². The standard InChI is InChI=1S/C13H20N2/c1-13(2)11(12(13)14)9-5-7-10(8-6-9)15(3)4/h5-8,11-12H,14H2,1-4H3/t11-,12-/m0/s1. The Morgan fingerprint density at radius 2 is 1.60 bits per heavy atom. The second kappa shape index (κ2) is 3.24. The number of rotatable bonds is 2. The molecule has 0 radical (unpaired) electrons. The van der Waals surface area contributed by atoms with Crippen molar-refractivity contribution in [2.24, 2.45) is 11.1 Å². The molecule has 2 heteroatoms. The van der Waals surface area contributed by atoms with Crippen molar-refractivity contribution in [3.8, 4) is 0 Å². The van der Waals surface area contributed by atoms with Crippen molar-refractivity contribution in [3.63, 3.8) is 0 Å². The lowest BCUT2D eigenvalue weighted by Gasteiger charge is -2.12. The summed E-state index contributed by atoms with van der Waals surface area (Å²) in [6, 6.07) is 9.05. The van der Waals surface area contributed by atoms with Crippen LogP contribution in [0.3, 0.4) is 0 Å². The van der Waals surface area contributed by atoms with E-state index in [1.54, 1.807) is 0 Å². The molecule has 2 rings (SSSR count). The summed E-state index contributed by atoms with van der Waals surface area (Å²) >= 11 is 0. The van der Waals surface area contributed by atoms with E-state index in [-0.39, 0.29) is 5.41 Å². The van der Waals surface area contributed by atoms with Gasteiger partial charge in [-0.2, -0.15) is 0 Å². The van der Waals surface area contributed by atoms with Gasteiger partial charge in [0.05, 0.1) is 0 Å². The van der Waals surface area contributed by atoms with Crippen LogP contribution >= 0.6 is 0 Å². The molecule has 2 N–H and O–H groups in total. The summed E-state index contributed by atoms with van der Waals surface area (Å²) in [6.07, 6.45) is 0. The minimum atomic E-state index is 0.277. The van der Waals surface area contributed by atoms with Gasteiger partial charge in [-0.1, -0.05) is 26.0 Å². The van der Waals surface area contributed by atoms with Crippen LogP contribution < -0.4 is 10.6 Å². The molecule has 0 unspecified atom stereocenters. The Kier molecular flexibility index (Phi) is 2.27. The van der Waals surface area contributed by atoms with Gasteiger partial charge in [-0.15, -0.1) is 0 Å². The van der Waals surface area contributed by atoms with Gasteiger partial charge < -0.3 is 10.6 Å². The minimum Gasteiger partial charge on any atom is -0.378 e. The van der Waals surface area contributed by atoms with Gasteiger partial charge in [0.25, 0.3) is 0 Å². The van der Waals surface area contributed by atoms with E-state index in [0.29, 0.717) is 12.0 Å². The summed E-state index contributed by atoms with van der Waals surface area (Å²) in [4.78, 5) is 2.11. The van der Waals surface area contributed by atoms with Gasteiger partial charge >= 0.3 is 0 Å². The molecule has 1 aliphatic rings. The quantitative estimate of drug-likeness (QED) is 0.800. The fourth-order valence-corrected chi connectivity index (χ4v) is 2.29. The Morgan fingerprint density at radius 1 is 1.13 bits per heavy atom. The third-order valence-electron chi connectivity index (χ3n) is 3.68. The summed E-state index contributed by atoms with van der Waals surface area (Å²) in [5.74, 6) is 0.536. The van der Waals surface area contributed by atoms with Crippen LogP contribution in [0.2, 0.25) is 0 Å². The highest BCUT2D eigenvalue weighted by Gasteiger charge is 2.55. The molecule has 1 aliphatic carbocycles. The highest BCUT2D eigenvalue weighted by molar-refractivity contribution is 5.48. The Balaban J connectivity index is 2.19. The van der Waals surface area contributed by atoms with E-state index in [2.05, 4.69) is 57.1 Å². The average Bonchev–Trinajstić information content (AvgIpc) is 2.66. The molecule has 0 heterocycles. The van der Waals surface area contributed by atoms with Crippen LogP contribution in [0.4, 0.5) is 5.69 Å². The summed E-state index contributed by atoms with van der Waals surface area (Å²) < 4.78 is 0.